The van der Waals surface area contributed by atoms with E-state index >= 15 is 0 Å². The maximum atomic E-state index is 14.2. The summed E-state index contributed by atoms with van der Waals surface area (Å²) in [4.78, 5) is 103. The molecule has 0 aromatic heterocycles. The molecule has 0 aromatic rings. The van der Waals surface area contributed by atoms with E-state index in [1.807, 2.05) is 0 Å². The maximum absolute atomic E-state index is 14.2. The van der Waals surface area contributed by atoms with Crippen LogP contribution in [-0.2, 0) is 119 Å². The minimum atomic E-state index is -1.24. The molecule has 0 radical (unpaired) electrons. The average Bonchev–Trinajstić information content (AvgIpc) is 0.872. The van der Waals surface area contributed by atoms with Gasteiger partial charge >= 0.3 is 0 Å². The number of aliphatic hydroxyl groups is 9. The zero-order chi connectivity index (χ0) is 88.6. The highest BCUT2D eigenvalue weighted by molar-refractivity contribution is 6.13. The topological polar surface area (TPSA) is 539 Å². The van der Waals surface area contributed by atoms with Gasteiger partial charge in [0, 0.05) is 132 Å². The second-order valence-electron chi connectivity index (χ2n) is 31.3. The molecule has 15 unspecified atom stereocenters. The molecule has 5 aliphatic rings. The number of ether oxygens (including phenoxy) is 17. The second kappa shape index (κ2) is 63.7. The molecule has 706 valence electrons. The van der Waals surface area contributed by atoms with Gasteiger partial charge in [0.1, 0.15) is 42.4 Å². The number of hydrogen-bond donors (Lipinski definition) is 14. The second-order valence-corrected chi connectivity index (χ2v) is 31.3. The number of imide groups is 1. The fourth-order valence-electron chi connectivity index (χ4n) is 14.1. The number of rotatable bonds is 72. The zero-order valence-electron chi connectivity index (χ0n) is 71.8. The van der Waals surface area contributed by atoms with Gasteiger partial charge < -0.3 is 153 Å². The summed E-state index contributed by atoms with van der Waals surface area (Å²) in [6.07, 6.45) is 1.12. The molecule has 14 N–H and O–H groups in total. The molecule has 7 amide bonds. The molecule has 0 spiro atoms. The van der Waals surface area contributed by atoms with Crippen molar-refractivity contribution in [1.82, 2.24) is 31.5 Å². The number of aliphatic hydroxyl groups excluding tert-OH is 9. The monoisotopic (exact) mass is 1760 g/mol. The molecule has 4 fully saturated rings. The fourth-order valence-corrected chi connectivity index (χ4v) is 14.1. The molecule has 4 heterocycles. The van der Waals surface area contributed by atoms with Crippen LogP contribution in [0.1, 0.15) is 149 Å². The van der Waals surface area contributed by atoms with Crippen molar-refractivity contribution in [2.45, 2.75) is 229 Å². The largest absolute Gasteiger partial charge is 0.394 e. The first-order valence-corrected chi connectivity index (χ1v) is 43.5. The predicted molar refractivity (Wildman–Crippen MR) is 431 cm³/mol. The van der Waals surface area contributed by atoms with E-state index in [4.69, 9.17) is 80.5 Å². The molecule has 3 saturated heterocycles. The van der Waals surface area contributed by atoms with E-state index in [0.717, 1.165) is 69.1 Å². The van der Waals surface area contributed by atoms with Gasteiger partial charge in [0.05, 0.1) is 190 Å². The molecule has 5 rings (SSSR count). The molecule has 40 nitrogen and oxygen atoms in total. The van der Waals surface area contributed by atoms with Crippen molar-refractivity contribution in [2.24, 2.45) is 23.2 Å². The van der Waals surface area contributed by atoms with Crippen LogP contribution in [-0.4, -0.2) is 389 Å². The molecule has 15 atom stereocenters. The van der Waals surface area contributed by atoms with Gasteiger partial charge in [-0.3, -0.25) is 43.3 Å². The van der Waals surface area contributed by atoms with Gasteiger partial charge in [-0.25, -0.2) is 0 Å². The van der Waals surface area contributed by atoms with Gasteiger partial charge in [-0.2, -0.15) is 0 Å². The van der Waals surface area contributed by atoms with Gasteiger partial charge in [0.2, 0.25) is 29.5 Å². The number of Topliss-reactive ketones (excluding diaryl/α,β-unsaturated/α-hetero) is 1. The van der Waals surface area contributed by atoms with E-state index in [1.165, 1.54) is 12.2 Å². The van der Waals surface area contributed by atoms with Gasteiger partial charge in [0.15, 0.2) is 24.7 Å². The van der Waals surface area contributed by atoms with Crippen LogP contribution in [0, 0.1) is 23.2 Å². The number of nitrogens with one attached hydrogen (secondary N) is 5. The van der Waals surface area contributed by atoms with Gasteiger partial charge in [-0.15, -0.1) is 0 Å². The number of amides is 7. The highest BCUT2D eigenvalue weighted by Gasteiger charge is 2.46. The first kappa shape index (κ1) is 107. The van der Waals surface area contributed by atoms with E-state index in [0.29, 0.717) is 32.2 Å². The predicted octanol–water partition coefficient (Wildman–Crippen LogP) is -1.98. The third kappa shape index (κ3) is 43.1. The summed E-state index contributed by atoms with van der Waals surface area (Å²) in [5, 5.41) is 104. The first-order valence-electron chi connectivity index (χ1n) is 43.5. The minimum absolute atomic E-state index is 0.00509. The Morgan fingerprint density at radius 2 is 0.680 bits per heavy atom. The standard InChI is InChI=1S/C82H144N6O34/c1-58-72(100)75(103)62(52-89)120-78(58)115-48-45-109-42-39-106-34-25-83-67(95)20-31-112-55-81(56-113-32-21-68(96)84-26-35-107-40-43-110-46-49-116-79-59(2)73(101)76(104)63(53-90)121-79,57-114-33-22-69(97)85-27-36-108-41-44-111-47-50-117-80-60(3)74(102)77(105)64(54-91)122-80)51-61(92)15-11-8-6-4-5-7-9-12-16-65(93)86-28-37-118-82(23-13-10-14-24-82)119-38-29-87-66(94)19-30-88-70(98)17-18-71(88)99/h17-18,58-60,62-64,72-80,89-91,100-105H,4-16,19-57H2,1-3H3,(H,83,95)(H,84,96)(H,85,97)(H,86,93)(H,87,94). The lowest BCUT2D eigenvalue weighted by Crippen LogP contribution is -2.55. The SMILES string of the molecule is CC1C(OCCOCCOCCNC(=O)CCOCC(COCCC(=O)NCCOCCOCCOC2OC(CO)C(O)C(O)C2C)(COCCC(=O)NCCOCCOCCOC2OC(CO)C(O)C(O)C2C)CC(=O)CCCCCCCCCCC(=O)NCCOC2(OCCNC(=O)CCN3C(=O)C=CC3=O)CCCCC2)OC(CO)C(O)C1O. The van der Waals surface area contributed by atoms with Gasteiger partial charge in [-0.1, -0.05) is 65.7 Å². The molecule has 1 aliphatic carbocycles. The summed E-state index contributed by atoms with van der Waals surface area (Å²) in [5.74, 6) is -4.77. The van der Waals surface area contributed by atoms with Crippen molar-refractivity contribution < 1.29 is 165 Å². The third-order valence-electron chi connectivity index (χ3n) is 21.4. The van der Waals surface area contributed by atoms with E-state index in [1.54, 1.807) is 20.8 Å². The molecule has 122 heavy (non-hydrogen) atoms. The maximum Gasteiger partial charge on any atom is 0.253 e. The molecule has 4 aliphatic heterocycles. The van der Waals surface area contributed by atoms with Crippen LogP contribution in [0.2, 0.25) is 0 Å². The van der Waals surface area contributed by atoms with E-state index < -0.39 is 134 Å². The van der Waals surface area contributed by atoms with Crippen LogP contribution in [0.5, 0.6) is 0 Å². The third-order valence-corrected chi connectivity index (χ3v) is 21.4. The number of nitrogens with zero attached hydrogens (tertiary/aromatic N) is 1. The van der Waals surface area contributed by atoms with Crippen molar-refractivity contribution in [1.29, 1.82) is 0 Å². The van der Waals surface area contributed by atoms with Crippen molar-refractivity contribution in [2.75, 3.05) is 211 Å². The Labute approximate surface area is 715 Å². The van der Waals surface area contributed by atoms with E-state index in [-0.39, 0.29) is 259 Å². The summed E-state index contributed by atoms with van der Waals surface area (Å²) in [6, 6.07) is 0. The summed E-state index contributed by atoms with van der Waals surface area (Å²) in [5.41, 5.74) is -1.14. The summed E-state index contributed by atoms with van der Waals surface area (Å²) in [6.45, 7) is 7.37. The normalized spacial score (nSPS) is 25.2. The molecule has 0 bridgehead atoms. The van der Waals surface area contributed by atoms with Crippen molar-refractivity contribution in [3.63, 3.8) is 0 Å². The lowest BCUT2D eigenvalue weighted by molar-refractivity contribution is -0.284. The Morgan fingerprint density at radius 3 is 1.03 bits per heavy atom. The van der Waals surface area contributed by atoms with Crippen molar-refractivity contribution >= 4 is 47.1 Å². The van der Waals surface area contributed by atoms with Crippen LogP contribution in [0.4, 0.5) is 0 Å². The number of unbranched alkanes of at least 4 members (excludes halogenated alkanes) is 7. The zero-order valence-corrected chi connectivity index (χ0v) is 71.8. The lowest BCUT2D eigenvalue weighted by atomic mass is 9.84. The molecule has 1 saturated carbocycles. The molecular weight excluding hydrogens is 1610 g/mol. The van der Waals surface area contributed by atoms with Crippen LogP contribution in [0.3, 0.4) is 0 Å². The minimum Gasteiger partial charge on any atom is -0.394 e. The molecule has 40 heteroatoms. The van der Waals surface area contributed by atoms with Gasteiger partial charge in [-0.05, 0) is 25.7 Å². The van der Waals surface area contributed by atoms with Crippen LogP contribution < -0.4 is 26.6 Å². The quantitative estimate of drug-likeness (QED) is 0.0178. The van der Waals surface area contributed by atoms with Crippen LogP contribution >= 0.6 is 0 Å². The van der Waals surface area contributed by atoms with Crippen molar-refractivity contribution in [3.8, 4) is 0 Å². The summed E-state index contributed by atoms with van der Waals surface area (Å²) < 4.78 is 98.3. The number of carbonyl (C=O) groups is 8. The number of ketones is 1. The van der Waals surface area contributed by atoms with E-state index in [9.17, 15) is 84.3 Å². The Bertz CT molecular complexity index is 2700. The summed E-state index contributed by atoms with van der Waals surface area (Å²) >= 11 is 0. The Morgan fingerprint density at radius 1 is 0.377 bits per heavy atom. The fraction of sp³-hybridized carbons (Fsp3) is 0.878. The Balaban J connectivity index is 1.05. The smallest absolute Gasteiger partial charge is 0.253 e. The highest BCUT2D eigenvalue weighted by atomic mass is 16.7. The molecular formula is C82H144N6O34. The van der Waals surface area contributed by atoms with Gasteiger partial charge in [0.25, 0.3) is 11.8 Å². The van der Waals surface area contributed by atoms with Crippen molar-refractivity contribution in [3.05, 3.63) is 12.2 Å². The average molecular weight is 1760 g/mol. The van der Waals surface area contributed by atoms with Crippen LogP contribution in [0.15, 0.2) is 12.2 Å². The number of carbonyl (C=O) groups excluding carboxylic acids is 8. The molecule has 0 aromatic carbocycles. The first-order chi connectivity index (χ1) is 59.0. The Kier molecular flexibility index (Phi) is 56.1. The lowest BCUT2D eigenvalue weighted by Gasteiger charge is -2.40. The number of hydrogen-bond acceptors (Lipinski definition) is 34. The van der Waals surface area contributed by atoms with Crippen LogP contribution in [0.25, 0.3) is 0 Å². The highest BCUT2D eigenvalue weighted by Crippen LogP contribution is 2.34. The van der Waals surface area contributed by atoms with E-state index in [2.05, 4.69) is 26.6 Å². The summed E-state index contributed by atoms with van der Waals surface area (Å²) in [7, 11) is 0. The Hall–Kier alpha value is -5.14.